The van der Waals surface area contributed by atoms with Gasteiger partial charge in [0.05, 0.1) is 10.5 Å². The Kier molecular flexibility index (Phi) is 4.44. The van der Waals surface area contributed by atoms with Crippen LogP contribution in [0, 0.1) is 5.92 Å². The second-order valence-electron chi connectivity index (χ2n) is 6.40. The molecule has 0 N–H and O–H groups in total. The molecule has 1 aliphatic carbocycles. The molecule has 0 amide bonds. The molecule has 0 spiro atoms. The average molecular weight is 347 g/mol. The Morgan fingerprint density at radius 1 is 1.04 bits per heavy atom. The summed E-state index contributed by atoms with van der Waals surface area (Å²) in [5.41, 5.74) is -0.921. The summed E-state index contributed by atoms with van der Waals surface area (Å²) in [6.45, 7) is 0.403. The monoisotopic (exact) mass is 347 g/mol. The third-order valence-corrected chi connectivity index (χ3v) is 6.88. The molecule has 2 unspecified atom stereocenters. The molecule has 2 fully saturated rings. The maximum atomic E-state index is 12.9. The van der Waals surface area contributed by atoms with E-state index in [2.05, 4.69) is 0 Å². The van der Waals surface area contributed by atoms with Crippen molar-refractivity contribution in [1.29, 1.82) is 0 Å². The Morgan fingerprint density at radius 3 is 2.48 bits per heavy atom. The van der Waals surface area contributed by atoms with Crippen LogP contribution in [0.1, 0.15) is 44.1 Å². The van der Waals surface area contributed by atoms with E-state index in [1.54, 1.807) is 0 Å². The van der Waals surface area contributed by atoms with E-state index in [0.29, 0.717) is 12.5 Å². The van der Waals surface area contributed by atoms with Gasteiger partial charge in [0.15, 0.2) is 0 Å². The summed E-state index contributed by atoms with van der Waals surface area (Å²) >= 11 is 0. The largest absolute Gasteiger partial charge is 0.416 e. The summed E-state index contributed by atoms with van der Waals surface area (Å²) in [7, 11) is -3.88. The lowest BCUT2D eigenvalue weighted by Crippen LogP contribution is -2.49. The van der Waals surface area contributed by atoms with Crippen LogP contribution < -0.4 is 0 Å². The molecule has 1 saturated heterocycles. The van der Waals surface area contributed by atoms with Crippen molar-refractivity contribution >= 4 is 10.0 Å². The normalized spacial score (nSPS) is 26.7. The van der Waals surface area contributed by atoms with E-state index in [4.69, 9.17) is 0 Å². The highest BCUT2D eigenvalue weighted by Gasteiger charge is 2.40. The van der Waals surface area contributed by atoms with Crippen molar-refractivity contribution in [3.63, 3.8) is 0 Å². The van der Waals surface area contributed by atoms with Crippen LogP contribution in [0.3, 0.4) is 0 Å². The molecule has 1 saturated carbocycles. The quantitative estimate of drug-likeness (QED) is 0.809. The highest BCUT2D eigenvalue weighted by atomic mass is 32.2. The van der Waals surface area contributed by atoms with E-state index in [-0.39, 0.29) is 10.9 Å². The van der Waals surface area contributed by atoms with Crippen LogP contribution in [0.15, 0.2) is 29.2 Å². The molecule has 1 aromatic rings. The molecule has 2 atom stereocenters. The van der Waals surface area contributed by atoms with Gasteiger partial charge in [0.1, 0.15) is 0 Å². The first-order valence-electron chi connectivity index (χ1n) is 7.99. The smallest absolute Gasteiger partial charge is 0.207 e. The van der Waals surface area contributed by atoms with E-state index in [1.165, 1.54) is 10.4 Å². The minimum atomic E-state index is -4.54. The zero-order valence-corrected chi connectivity index (χ0v) is 13.5. The predicted octanol–water partition coefficient (Wildman–Crippen LogP) is 4.05. The lowest BCUT2D eigenvalue weighted by Gasteiger charge is -2.43. The van der Waals surface area contributed by atoms with Gasteiger partial charge in [0, 0.05) is 12.6 Å². The van der Waals surface area contributed by atoms with Gasteiger partial charge < -0.3 is 0 Å². The van der Waals surface area contributed by atoms with E-state index < -0.39 is 21.8 Å². The fourth-order valence-electron chi connectivity index (χ4n) is 3.85. The van der Waals surface area contributed by atoms with E-state index in [0.717, 1.165) is 56.7 Å². The second-order valence-corrected chi connectivity index (χ2v) is 8.29. The van der Waals surface area contributed by atoms with Crippen LogP contribution in [-0.2, 0) is 16.2 Å². The SMILES string of the molecule is O=S(=O)(c1cccc(C(F)(F)F)c1)N1CCCC2CCCCC21. The van der Waals surface area contributed by atoms with E-state index >= 15 is 0 Å². The topological polar surface area (TPSA) is 37.4 Å². The Bertz CT molecular complexity index is 670. The average Bonchev–Trinajstić information content (AvgIpc) is 2.53. The zero-order valence-electron chi connectivity index (χ0n) is 12.7. The number of hydrogen-bond donors (Lipinski definition) is 0. The van der Waals surface area contributed by atoms with Crippen molar-refractivity contribution in [2.75, 3.05) is 6.54 Å². The van der Waals surface area contributed by atoms with Crippen molar-refractivity contribution < 1.29 is 21.6 Å². The molecule has 128 valence electrons. The summed E-state index contributed by atoms with van der Waals surface area (Å²) in [6.07, 6.45) is 1.16. The highest BCUT2D eigenvalue weighted by molar-refractivity contribution is 7.89. The first-order chi connectivity index (χ1) is 10.8. The fraction of sp³-hybridized carbons (Fsp3) is 0.625. The van der Waals surface area contributed by atoms with Crippen molar-refractivity contribution in [1.82, 2.24) is 4.31 Å². The number of nitrogens with zero attached hydrogens (tertiary/aromatic N) is 1. The van der Waals surface area contributed by atoms with Crippen LogP contribution in [-0.4, -0.2) is 25.3 Å². The molecular weight excluding hydrogens is 327 g/mol. The van der Waals surface area contributed by atoms with Crippen LogP contribution >= 0.6 is 0 Å². The molecule has 0 radical (unpaired) electrons. The van der Waals surface area contributed by atoms with E-state index in [9.17, 15) is 21.6 Å². The van der Waals surface area contributed by atoms with Gasteiger partial charge in [0.2, 0.25) is 10.0 Å². The van der Waals surface area contributed by atoms with E-state index in [1.807, 2.05) is 0 Å². The van der Waals surface area contributed by atoms with Crippen molar-refractivity contribution in [3.8, 4) is 0 Å². The van der Waals surface area contributed by atoms with Gasteiger partial charge in [-0.2, -0.15) is 17.5 Å². The molecular formula is C16H20F3NO2S. The molecule has 2 aliphatic rings. The number of rotatable bonds is 2. The van der Waals surface area contributed by atoms with Gasteiger partial charge in [-0.3, -0.25) is 0 Å². The molecule has 1 heterocycles. The predicted molar refractivity (Wildman–Crippen MR) is 80.3 cm³/mol. The summed E-state index contributed by atoms with van der Waals surface area (Å²) in [6, 6.07) is 4.02. The summed E-state index contributed by atoms with van der Waals surface area (Å²) < 4.78 is 65.8. The van der Waals surface area contributed by atoms with Gasteiger partial charge in [-0.25, -0.2) is 8.42 Å². The Balaban J connectivity index is 1.94. The molecule has 1 aromatic carbocycles. The Labute approximate surface area is 134 Å². The van der Waals surface area contributed by atoms with Gasteiger partial charge in [-0.15, -0.1) is 0 Å². The highest BCUT2D eigenvalue weighted by Crippen LogP contribution is 2.38. The van der Waals surface area contributed by atoms with Crippen molar-refractivity contribution in [3.05, 3.63) is 29.8 Å². The lowest BCUT2D eigenvalue weighted by atomic mass is 9.79. The van der Waals surface area contributed by atoms with Gasteiger partial charge in [-0.1, -0.05) is 18.9 Å². The molecule has 0 bridgehead atoms. The number of fused-ring (bicyclic) bond motifs is 1. The fourth-order valence-corrected chi connectivity index (χ4v) is 5.65. The Morgan fingerprint density at radius 2 is 1.74 bits per heavy atom. The Hall–Kier alpha value is -1.08. The number of benzene rings is 1. The second kappa shape index (κ2) is 6.09. The van der Waals surface area contributed by atoms with Crippen molar-refractivity contribution in [2.24, 2.45) is 5.92 Å². The lowest BCUT2D eigenvalue weighted by molar-refractivity contribution is -0.137. The number of halogens is 3. The standard InChI is InChI=1S/C16H20F3NO2S/c17-16(18,19)13-7-3-8-14(11-13)23(21,22)20-10-4-6-12-5-1-2-9-15(12)20/h3,7-8,11-12,15H,1-2,4-6,9-10H2. The maximum absolute atomic E-state index is 12.9. The molecule has 0 aromatic heterocycles. The summed E-state index contributed by atoms with van der Waals surface area (Å²) in [4.78, 5) is -0.251. The summed E-state index contributed by atoms with van der Waals surface area (Å²) in [5.74, 6) is 0.345. The number of piperidine rings is 1. The third kappa shape index (κ3) is 3.26. The summed E-state index contributed by atoms with van der Waals surface area (Å²) in [5, 5.41) is 0. The molecule has 3 nitrogen and oxygen atoms in total. The van der Waals surface area contributed by atoms with Gasteiger partial charge >= 0.3 is 6.18 Å². The minimum Gasteiger partial charge on any atom is -0.207 e. The van der Waals surface area contributed by atoms with Gasteiger partial charge in [0.25, 0.3) is 0 Å². The molecule has 1 aliphatic heterocycles. The zero-order chi connectivity index (χ0) is 16.7. The first kappa shape index (κ1) is 16.8. The molecule has 23 heavy (non-hydrogen) atoms. The van der Waals surface area contributed by atoms with Crippen LogP contribution in [0.25, 0.3) is 0 Å². The molecule has 7 heteroatoms. The van der Waals surface area contributed by atoms with Gasteiger partial charge in [-0.05, 0) is 49.8 Å². The maximum Gasteiger partial charge on any atom is 0.416 e. The minimum absolute atomic E-state index is 0.0583. The van der Waals surface area contributed by atoms with Crippen LogP contribution in [0.2, 0.25) is 0 Å². The third-order valence-electron chi connectivity index (χ3n) is 4.96. The first-order valence-corrected chi connectivity index (χ1v) is 9.43. The van der Waals surface area contributed by atoms with Crippen molar-refractivity contribution in [2.45, 2.75) is 55.6 Å². The number of sulfonamides is 1. The number of hydrogen-bond acceptors (Lipinski definition) is 2. The number of alkyl halides is 3. The molecule has 3 rings (SSSR count). The van der Waals surface area contributed by atoms with Crippen LogP contribution in [0.5, 0.6) is 0 Å². The van der Waals surface area contributed by atoms with Crippen LogP contribution in [0.4, 0.5) is 13.2 Å².